The molecule has 0 radical (unpaired) electrons. The van der Waals surface area contributed by atoms with Crippen LogP contribution in [0.15, 0.2) is 11.6 Å². The maximum absolute atomic E-state index is 10.7. The predicted molar refractivity (Wildman–Crippen MR) is 51.6 cm³/mol. The zero-order valence-electron chi connectivity index (χ0n) is 8.26. The molecule has 0 bridgehead atoms. The van der Waals surface area contributed by atoms with E-state index in [-0.39, 0.29) is 5.91 Å². The topological polar surface area (TPSA) is 43.1 Å². The number of unbranched alkanes of at least 4 members (excludes halogenated alkanes) is 1. The van der Waals surface area contributed by atoms with Crippen LogP contribution in [0.3, 0.4) is 0 Å². The van der Waals surface area contributed by atoms with E-state index in [4.69, 9.17) is 5.73 Å². The molecule has 0 aromatic rings. The van der Waals surface area contributed by atoms with Gasteiger partial charge in [0.05, 0.1) is 0 Å². The highest BCUT2D eigenvalue weighted by Crippen LogP contribution is 2.10. The number of hydrogen-bond donors (Lipinski definition) is 1. The van der Waals surface area contributed by atoms with E-state index in [9.17, 15) is 4.79 Å². The predicted octanol–water partition coefficient (Wildman–Crippen LogP) is 2.24. The van der Waals surface area contributed by atoms with Crippen LogP contribution in [0.25, 0.3) is 0 Å². The third-order valence-electron chi connectivity index (χ3n) is 1.94. The van der Waals surface area contributed by atoms with Gasteiger partial charge in [0.25, 0.3) is 0 Å². The normalized spacial score (nSPS) is 14.4. The van der Waals surface area contributed by atoms with Gasteiger partial charge in [-0.2, -0.15) is 0 Å². The summed E-state index contributed by atoms with van der Waals surface area (Å²) in [6, 6.07) is 0. The maximum Gasteiger partial charge on any atom is 0.244 e. The highest BCUT2D eigenvalue weighted by atomic mass is 16.1. The Hall–Kier alpha value is -0.790. The standard InChI is InChI=1S/C10H19NO/c1-4-5-6-8(2)7-9(3)10(11)12/h7-8H,4-6H2,1-3H3,(H2,11,12)/b9-7-. The summed E-state index contributed by atoms with van der Waals surface area (Å²) in [7, 11) is 0. The van der Waals surface area contributed by atoms with Crippen molar-refractivity contribution in [2.75, 3.05) is 0 Å². The first-order chi connectivity index (χ1) is 5.57. The maximum atomic E-state index is 10.7. The van der Waals surface area contributed by atoms with Crippen molar-refractivity contribution in [2.24, 2.45) is 11.7 Å². The molecule has 0 aromatic carbocycles. The Balaban J connectivity index is 3.87. The van der Waals surface area contributed by atoms with E-state index in [0.29, 0.717) is 11.5 Å². The molecule has 2 nitrogen and oxygen atoms in total. The molecule has 12 heavy (non-hydrogen) atoms. The van der Waals surface area contributed by atoms with E-state index in [1.165, 1.54) is 12.8 Å². The number of amides is 1. The molecule has 0 saturated carbocycles. The lowest BCUT2D eigenvalue weighted by Crippen LogP contribution is -2.12. The first-order valence-electron chi connectivity index (χ1n) is 4.56. The summed E-state index contributed by atoms with van der Waals surface area (Å²) in [5.41, 5.74) is 5.78. The number of hydrogen-bond acceptors (Lipinski definition) is 1. The summed E-state index contributed by atoms with van der Waals surface area (Å²) < 4.78 is 0. The second kappa shape index (κ2) is 5.81. The number of carbonyl (C=O) groups is 1. The highest BCUT2D eigenvalue weighted by Gasteiger charge is 2.01. The molecule has 0 saturated heterocycles. The van der Waals surface area contributed by atoms with E-state index in [1.54, 1.807) is 6.92 Å². The van der Waals surface area contributed by atoms with Gasteiger partial charge in [0, 0.05) is 5.57 Å². The van der Waals surface area contributed by atoms with Gasteiger partial charge in [-0.25, -0.2) is 0 Å². The van der Waals surface area contributed by atoms with Crippen LogP contribution in [0.2, 0.25) is 0 Å². The van der Waals surface area contributed by atoms with E-state index in [2.05, 4.69) is 13.8 Å². The van der Waals surface area contributed by atoms with E-state index in [0.717, 1.165) is 6.42 Å². The number of rotatable bonds is 5. The van der Waals surface area contributed by atoms with Crippen LogP contribution in [0, 0.1) is 5.92 Å². The first kappa shape index (κ1) is 11.2. The molecule has 0 fully saturated rings. The molecule has 2 heteroatoms. The fraction of sp³-hybridized carbons (Fsp3) is 0.700. The Bertz CT molecular complexity index is 173. The lowest BCUT2D eigenvalue weighted by Gasteiger charge is -2.05. The van der Waals surface area contributed by atoms with E-state index >= 15 is 0 Å². The largest absolute Gasteiger partial charge is 0.366 e. The van der Waals surface area contributed by atoms with E-state index in [1.807, 2.05) is 6.08 Å². The number of carbonyl (C=O) groups excluding carboxylic acids is 1. The fourth-order valence-electron chi connectivity index (χ4n) is 1.12. The fourth-order valence-corrected chi connectivity index (χ4v) is 1.12. The third kappa shape index (κ3) is 4.94. The molecule has 1 atom stereocenters. The number of primary amides is 1. The lowest BCUT2D eigenvalue weighted by atomic mass is 10.0. The quantitative estimate of drug-likeness (QED) is 0.630. The zero-order valence-corrected chi connectivity index (χ0v) is 8.26. The van der Waals surface area contributed by atoms with Gasteiger partial charge < -0.3 is 5.73 Å². The van der Waals surface area contributed by atoms with Gasteiger partial charge in [-0.05, 0) is 19.3 Å². The summed E-state index contributed by atoms with van der Waals surface area (Å²) in [6.45, 7) is 6.05. The molecule has 0 rings (SSSR count). The lowest BCUT2D eigenvalue weighted by molar-refractivity contribution is -0.114. The summed E-state index contributed by atoms with van der Waals surface area (Å²) in [5, 5.41) is 0. The first-order valence-corrected chi connectivity index (χ1v) is 4.56. The molecule has 2 N–H and O–H groups in total. The van der Waals surface area contributed by atoms with Gasteiger partial charge in [0.1, 0.15) is 0 Å². The highest BCUT2D eigenvalue weighted by molar-refractivity contribution is 5.91. The number of allylic oxidation sites excluding steroid dienone is 1. The smallest absolute Gasteiger partial charge is 0.244 e. The molecule has 70 valence electrons. The number of nitrogens with two attached hydrogens (primary N) is 1. The van der Waals surface area contributed by atoms with Crippen LogP contribution in [-0.4, -0.2) is 5.91 Å². The Labute approximate surface area is 74.8 Å². The van der Waals surface area contributed by atoms with Crippen molar-refractivity contribution in [2.45, 2.75) is 40.0 Å². The molecule has 0 aliphatic carbocycles. The summed E-state index contributed by atoms with van der Waals surface area (Å²) >= 11 is 0. The Morgan fingerprint density at radius 3 is 2.58 bits per heavy atom. The molecule has 1 amide bonds. The summed E-state index contributed by atoms with van der Waals surface area (Å²) in [4.78, 5) is 10.7. The van der Waals surface area contributed by atoms with Crippen molar-refractivity contribution >= 4 is 5.91 Å². The minimum Gasteiger partial charge on any atom is -0.366 e. The van der Waals surface area contributed by atoms with Crippen LogP contribution in [0.1, 0.15) is 40.0 Å². The molecule has 0 aliphatic heterocycles. The van der Waals surface area contributed by atoms with Crippen molar-refractivity contribution < 1.29 is 4.79 Å². The van der Waals surface area contributed by atoms with Crippen molar-refractivity contribution in [1.82, 2.24) is 0 Å². The van der Waals surface area contributed by atoms with E-state index < -0.39 is 0 Å². The van der Waals surface area contributed by atoms with Gasteiger partial charge in [-0.15, -0.1) is 0 Å². The average molecular weight is 169 g/mol. The monoisotopic (exact) mass is 169 g/mol. The molecule has 1 unspecified atom stereocenters. The van der Waals surface area contributed by atoms with Gasteiger partial charge in [-0.1, -0.05) is 32.8 Å². The summed E-state index contributed by atoms with van der Waals surface area (Å²) in [6.07, 6.45) is 5.51. The summed E-state index contributed by atoms with van der Waals surface area (Å²) in [5.74, 6) is 0.163. The minimum absolute atomic E-state index is 0.307. The van der Waals surface area contributed by atoms with Gasteiger partial charge in [0.15, 0.2) is 0 Å². The second-order valence-electron chi connectivity index (χ2n) is 3.33. The van der Waals surface area contributed by atoms with Crippen molar-refractivity contribution in [3.05, 3.63) is 11.6 Å². The van der Waals surface area contributed by atoms with Crippen LogP contribution < -0.4 is 5.73 Å². The Morgan fingerprint density at radius 2 is 2.17 bits per heavy atom. The minimum atomic E-state index is -0.307. The molecule has 0 spiro atoms. The van der Waals surface area contributed by atoms with Gasteiger partial charge >= 0.3 is 0 Å². The Morgan fingerprint density at radius 1 is 1.58 bits per heavy atom. The van der Waals surface area contributed by atoms with Gasteiger partial charge in [0.2, 0.25) is 5.91 Å². The molecular weight excluding hydrogens is 150 g/mol. The second-order valence-corrected chi connectivity index (χ2v) is 3.33. The van der Waals surface area contributed by atoms with Crippen molar-refractivity contribution in [3.8, 4) is 0 Å². The van der Waals surface area contributed by atoms with Crippen LogP contribution in [0.5, 0.6) is 0 Å². The zero-order chi connectivity index (χ0) is 9.56. The van der Waals surface area contributed by atoms with Crippen LogP contribution in [-0.2, 0) is 4.79 Å². The SMILES string of the molecule is CCCCC(C)/C=C(/C)C(N)=O. The van der Waals surface area contributed by atoms with Crippen molar-refractivity contribution in [3.63, 3.8) is 0 Å². The molecule has 0 aromatic heterocycles. The van der Waals surface area contributed by atoms with Crippen LogP contribution in [0.4, 0.5) is 0 Å². The molecule has 0 aliphatic rings. The molecular formula is C10H19NO. The van der Waals surface area contributed by atoms with Crippen molar-refractivity contribution in [1.29, 1.82) is 0 Å². The average Bonchev–Trinajstić information content (AvgIpc) is 2.00. The molecule has 0 heterocycles. The van der Waals surface area contributed by atoms with Gasteiger partial charge in [-0.3, -0.25) is 4.79 Å². The van der Waals surface area contributed by atoms with Crippen LogP contribution >= 0.6 is 0 Å². The third-order valence-corrected chi connectivity index (χ3v) is 1.94. The Kier molecular flexibility index (Phi) is 5.43.